The average molecular weight is 288 g/mol. The van der Waals surface area contributed by atoms with Gasteiger partial charge in [-0.25, -0.2) is 4.98 Å². The monoisotopic (exact) mass is 287 g/mol. The van der Waals surface area contributed by atoms with E-state index in [9.17, 15) is 0 Å². The van der Waals surface area contributed by atoms with Crippen molar-refractivity contribution in [2.24, 2.45) is 0 Å². The normalized spacial score (nSPS) is 16.3. The first kappa shape index (κ1) is 11.6. The third-order valence-electron chi connectivity index (χ3n) is 3.16. The van der Waals surface area contributed by atoms with Crippen molar-refractivity contribution < 1.29 is 0 Å². The van der Waals surface area contributed by atoms with Crippen LogP contribution in [0.4, 0.5) is 0 Å². The molecule has 0 aliphatic heterocycles. The summed E-state index contributed by atoms with van der Waals surface area (Å²) in [7, 11) is 0. The lowest BCUT2D eigenvalue weighted by Crippen LogP contribution is -1.94. The number of hydrogen-bond donors (Lipinski definition) is 0. The summed E-state index contributed by atoms with van der Waals surface area (Å²) >= 11 is 5.51. The molecule has 0 saturated heterocycles. The Kier molecular flexibility index (Phi) is 3.83. The Morgan fingerprint density at radius 3 is 2.53 bits per heavy atom. The van der Waals surface area contributed by atoms with Crippen molar-refractivity contribution in [3.05, 3.63) is 15.6 Å². The summed E-state index contributed by atoms with van der Waals surface area (Å²) in [6.45, 7) is 4.53. The van der Waals surface area contributed by atoms with Gasteiger partial charge in [0.25, 0.3) is 0 Å². The lowest BCUT2D eigenvalue weighted by molar-refractivity contribution is 0.635. The van der Waals surface area contributed by atoms with Gasteiger partial charge in [-0.1, -0.05) is 29.8 Å². The van der Waals surface area contributed by atoms with Crippen LogP contribution in [-0.2, 0) is 5.33 Å². The van der Waals surface area contributed by atoms with E-state index in [0.29, 0.717) is 5.92 Å². The fourth-order valence-electron chi connectivity index (χ4n) is 1.97. The van der Waals surface area contributed by atoms with Crippen LogP contribution >= 0.6 is 27.3 Å². The highest BCUT2D eigenvalue weighted by Gasteiger charge is 2.30. The second-order valence-electron chi connectivity index (χ2n) is 4.28. The largest absolute Gasteiger partial charge is 0.245 e. The van der Waals surface area contributed by atoms with Crippen LogP contribution in [-0.4, -0.2) is 4.98 Å². The van der Waals surface area contributed by atoms with E-state index in [1.54, 1.807) is 0 Å². The molecule has 0 radical (unpaired) electrons. The zero-order valence-electron chi connectivity index (χ0n) is 9.42. The minimum atomic E-state index is 0.681. The molecule has 0 unspecified atom stereocenters. The molecule has 1 aromatic rings. The van der Waals surface area contributed by atoms with Crippen LogP contribution in [0.5, 0.6) is 0 Å². The molecule has 0 aromatic carbocycles. The molecular weight excluding hydrogens is 270 g/mol. The van der Waals surface area contributed by atoms with E-state index in [0.717, 1.165) is 11.2 Å². The number of rotatable bonds is 5. The maximum Gasteiger partial charge on any atom is 0.0962 e. The van der Waals surface area contributed by atoms with E-state index in [4.69, 9.17) is 4.98 Å². The molecule has 1 saturated carbocycles. The fourth-order valence-corrected chi connectivity index (χ4v) is 3.86. The molecule has 84 valence electrons. The Balaban J connectivity index is 2.24. The van der Waals surface area contributed by atoms with E-state index in [1.807, 2.05) is 11.3 Å². The van der Waals surface area contributed by atoms with Crippen LogP contribution in [0.25, 0.3) is 0 Å². The lowest BCUT2D eigenvalue weighted by Gasteiger charge is -2.06. The van der Waals surface area contributed by atoms with E-state index < -0.39 is 0 Å². The molecule has 0 N–H and O–H groups in total. The first-order valence-corrected chi connectivity index (χ1v) is 7.79. The molecule has 1 nitrogen and oxygen atoms in total. The second-order valence-corrected chi connectivity index (χ2v) is 5.96. The van der Waals surface area contributed by atoms with Gasteiger partial charge < -0.3 is 0 Å². The Bertz CT molecular complexity index is 326. The summed E-state index contributed by atoms with van der Waals surface area (Å²) in [5.41, 5.74) is 1.40. The highest BCUT2D eigenvalue weighted by atomic mass is 79.9. The number of alkyl halides is 1. The van der Waals surface area contributed by atoms with E-state index in [1.165, 1.54) is 41.3 Å². The summed E-state index contributed by atoms with van der Waals surface area (Å²) in [5, 5.41) is 2.35. The molecule has 0 atom stereocenters. The van der Waals surface area contributed by atoms with Crippen molar-refractivity contribution in [2.45, 2.75) is 56.7 Å². The Labute approximate surface area is 104 Å². The van der Waals surface area contributed by atoms with Crippen molar-refractivity contribution in [2.75, 3.05) is 0 Å². The van der Waals surface area contributed by atoms with Crippen LogP contribution in [0, 0.1) is 0 Å². The number of thiazole rings is 1. The summed E-state index contributed by atoms with van der Waals surface area (Å²) in [5.74, 6) is 1.47. The fraction of sp³-hybridized carbons (Fsp3) is 0.750. The van der Waals surface area contributed by atoms with Crippen LogP contribution in [0.2, 0.25) is 0 Å². The van der Waals surface area contributed by atoms with Gasteiger partial charge in [-0.15, -0.1) is 11.3 Å². The second kappa shape index (κ2) is 4.96. The highest BCUT2D eigenvalue weighted by molar-refractivity contribution is 9.08. The minimum absolute atomic E-state index is 0.681. The van der Waals surface area contributed by atoms with Crippen LogP contribution in [0.3, 0.4) is 0 Å². The average Bonchev–Trinajstić information content (AvgIpc) is 3.01. The third-order valence-corrected chi connectivity index (χ3v) is 5.33. The Morgan fingerprint density at radius 2 is 2.07 bits per heavy atom. The molecule has 0 amide bonds. The van der Waals surface area contributed by atoms with E-state index in [2.05, 4.69) is 29.8 Å². The molecule has 1 aromatic heterocycles. The minimum Gasteiger partial charge on any atom is -0.245 e. The first-order chi connectivity index (χ1) is 7.30. The molecule has 1 fully saturated rings. The predicted molar refractivity (Wildman–Crippen MR) is 70.0 cm³/mol. The number of halogens is 1. The van der Waals surface area contributed by atoms with Gasteiger partial charge in [0.05, 0.1) is 10.7 Å². The molecule has 2 rings (SSSR count). The van der Waals surface area contributed by atoms with Gasteiger partial charge in [-0.3, -0.25) is 0 Å². The predicted octanol–water partition coefficient (Wildman–Crippen LogP) is 4.82. The number of hydrogen-bond acceptors (Lipinski definition) is 2. The zero-order valence-corrected chi connectivity index (χ0v) is 11.8. The summed E-state index contributed by atoms with van der Waals surface area (Å²) in [6, 6.07) is 0. The zero-order chi connectivity index (χ0) is 10.8. The smallest absolute Gasteiger partial charge is 0.0962 e. The van der Waals surface area contributed by atoms with Crippen LogP contribution < -0.4 is 0 Å². The Hall–Kier alpha value is 0.110. The molecular formula is C12H18BrNS. The Morgan fingerprint density at radius 1 is 1.40 bits per heavy atom. The van der Waals surface area contributed by atoms with Gasteiger partial charge in [-0.2, -0.15) is 0 Å². The van der Waals surface area contributed by atoms with Crippen LogP contribution in [0.1, 0.15) is 66.9 Å². The highest BCUT2D eigenvalue weighted by Crippen LogP contribution is 2.44. The summed E-state index contributed by atoms with van der Waals surface area (Å²) < 4.78 is 0. The van der Waals surface area contributed by atoms with Crippen molar-refractivity contribution in [1.29, 1.82) is 0 Å². The van der Waals surface area contributed by atoms with Crippen molar-refractivity contribution in [3.8, 4) is 0 Å². The van der Waals surface area contributed by atoms with Gasteiger partial charge in [-0.05, 0) is 25.7 Å². The standard InChI is InChI=1S/C12H18BrNS/c1-3-8(4-2)12-14-11(9-5-6-9)10(7-13)15-12/h8-9H,3-7H2,1-2H3. The van der Waals surface area contributed by atoms with Crippen molar-refractivity contribution in [1.82, 2.24) is 4.98 Å². The summed E-state index contributed by atoms with van der Waals surface area (Å²) in [4.78, 5) is 6.35. The van der Waals surface area contributed by atoms with E-state index in [-0.39, 0.29) is 0 Å². The number of nitrogens with zero attached hydrogens (tertiary/aromatic N) is 1. The molecule has 15 heavy (non-hydrogen) atoms. The molecule has 1 aliphatic carbocycles. The number of aromatic nitrogens is 1. The summed E-state index contributed by atoms with van der Waals surface area (Å²) in [6.07, 6.45) is 5.14. The van der Waals surface area contributed by atoms with Gasteiger partial charge in [0.2, 0.25) is 0 Å². The van der Waals surface area contributed by atoms with Gasteiger partial charge in [0, 0.05) is 22.0 Å². The van der Waals surface area contributed by atoms with Crippen LogP contribution in [0.15, 0.2) is 0 Å². The maximum atomic E-state index is 4.87. The maximum absolute atomic E-state index is 4.87. The molecule has 1 aliphatic rings. The molecule has 0 bridgehead atoms. The van der Waals surface area contributed by atoms with Gasteiger partial charge in [0.15, 0.2) is 0 Å². The van der Waals surface area contributed by atoms with E-state index >= 15 is 0 Å². The van der Waals surface area contributed by atoms with Crippen molar-refractivity contribution in [3.63, 3.8) is 0 Å². The van der Waals surface area contributed by atoms with Gasteiger partial charge in [0.1, 0.15) is 0 Å². The van der Waals surface area contributed by atoms with Gasteiger partial charge >= 0.3 is 0 Å². The quantitative estimate of drug-likeness (QED) is 0.708. The lowest BCUT2D eigenvalue weighted by atomic mass is 10.1. The third kappa shape index (κ3) is 2.44. The SMILES string of the molecule is CCC(CC)c1nc(C2CC2)c(CBr)s1. The van der Waals surface area contributed by atoms with Crippen molar-refractivity contribution >= 4 is 27.3 Å². The topological polar surface area (TPSA) is 12.9 Å². The molecule has 3 heteroatoms. The molecule has 0 spiro atoms. The molecule has 1 heterocycles. The first-order valence-electron chi connectivity index (χ1n) is 5.85.